The summed E-state index contributed by atoms with van der Waals surface area (Å²) in [6.07, 6.45) is -4.80. The normalized spacial score (nSPS) is 12.7. The van der Waals surface area contributed by atoms with Crippen LogP contribution < -0.4 is 11.2 Å². The highest BCUT2D eigenvalue weighted by atomic mass is 79.9. The van der Waals surface area contributed by atoms with Crippen LogP contribution >= 0.6 is 43.4 Å². The van der Waals surface area contributed by atoms with Crippen molar-refractivity contribution < 1.29 is 13.2 Å². The van der Waals surface area contributed by atoms with Gasteiger partial charge in [-0.1, -0.05) is 31.9 Å². The molecule has 11 heteroatoms. The zero-order valence-corrected chi connectivity index (χ0v) is 17.3. The fraction of sp³-hybridized carbons (Fsp3) is 0.267. The average molecular weight is 513 g/mol. The van der Waals surface area contributed by atoms with Gasteiger partial charge in [-0.05, 0) is 36.7 Å². The Morgan fingerprint density at radius 1 is 1.15 bits per heavy atom. The average Bonchev–Trinajstić information content (AvgIpc) is 2.93. The third-order valence-electron chi connectivity index (χ3n) is 3.74. The van der Waals surface area contributed by atoms with E-state index >= 15 is 0 Å². The molecule has 1 aromatic carbocycles. The van der Waals surface area contributed by atoms with Crippen molar-refractivity contribution in [2.45, 2.75) is 16.3 Å². The predicted octanol–water partition coefficient (Wildman–Crippen LogP) is 4.13. The molecule has 26 heavy (non-hydrogen) atoms. The summed E-state index contributed by atoms with van der Waals surface area (Å²) in [5, 5.41) is 0.678. The summed E-state index contributed by atoms with van der Waals surface area (Å²) in [7, 11) is 0.977. The van der Waals surface area contributed by atoms with Crippen molar-refractivity contribution in [3.63, 3.8) is 0 Å². The van der Waals surface area contributed by atoms with Crippen LogP contribution in [0.3, 0.4) is 0 Å². The van der Waals surface area contributed by atoms with Crippen molar-refractivity contribution in [3.8, 4) is 5.69 Å². The van der Waals surface area contributed by atoms with E-state index < -0.39 is 26.4 Å². The molecular formula is C15H10Br2F3N3O2S. The third kappa shape index (κ3) is 3.27. The molecule has 0 unspecified atom stereocenters. The van der Waals surface area contributed by atoms with Gasteiger partial charge in [-0.25, -0.2) is 9.36 Å². The van der Waals surface area contributed by atoms with Crippen LogP contribution in [0.15, 0.2) is 33.9 Å². The highest BCUT2D eigenvalue weighted by molar-refractivity contribution is 9.24. The van der Waals surface area contributed by atoms with E-state index in [1.807, 2.05) is 6.92 Å². The van der Waals surface area contributed by atoms with Crippen molar-refractivity contribution in [3.05, 3.63) is 56.5 Å². The first-order valence-corrected chi connectivity index (χ1v) is 9.45. The fourth-order valence-corrected chi connectivity index (χ4v) is 4.21. The molecule has 0 aliphatic rings. The Kier molecular flexibility index (Phi) is 4.68. The van der Waals surface area contributed by atoms with E-state index in [0.717, 1.165) is 11.7 Å². The number of hydrogen-bond acceptors (Lipinski definition) is 4. The van der Waals surface area contributed by atoms with Crippen LogP contribution in [0.1, 0.15) is 18.3 Å². The molecule has 0 bridgehead atoms. The predicted molar refractivity (Wildman–Crippen MR) is 101 cm³/mol. The monoisotopic (exact) mass is 511 g/mol. The van der Waals surface area contributed by atoms with Crippen LogP contribution in [0.2, 0.25) is 0 Å². The highest BCUT2D eigenvalue weighted by Gasteiger charge is 2.35. The van der Waals surface area contributed by atoms with E-state index in [1.165, 1.54) is 17.6 Å². The van der Waals surface area contributed by atoms with Crippen LogP contribution in [-0.4, -0.2) is 13.5 Å². The molecule has 0 amide bonds. The van der Waals surface area contributed by atoms with Crippen LogP contribution in [0.25, 0.3) is 15.8 Å². The fourth-order valence-electron chi connectivity index (χ4n) is 2.52. The second-order valence-electron chi connectivity index (χ2n) is 5.64. The Bertz CT molecular complexity index is 1130. The van der Waals surface area contributed by atoms with Gasteiger partial charge in [-0.15, -0.1) is 0 Å². The number of fused-ring (bicyclic) bond motifs is 1. The summed E-state index contributed by atoms with van der Waals surface area (Å²) in [5.41, 5.74) is -2.62. The number of benzene rings is 1. The van der Waals surface area contributed by atoms with Gasteiger partial charge in [0.15, 0.2) is 0 Å². The van der Waals surface area contributed by atoms with Crippen LogP contribution in [0.5, 0.6) is 0 Å². The second kappa shape index (κ2) is 6.31. The SMILES string of the molecule is Cn1c(C(F)(F)F)cc(=O)n(-c2ccc3snc(C(C)(Br)Br)c3c2)c1=O. The lowest BCUT2D eigenvalue weighted by atomic mass is 10.1. The molecule has 3 rings (SSSR count). The Morgan fingerprint density at radius 2 is 1.81 bits per heavy atom. The van der Waals surface area contributed by atoms with Crippen LogP contribution in [-0.2, 0) is 16.5 Å². The molecule has 0 saturated carbocycles. The number of alkyl halides is 5. The lowest BCUT2D eigenvalue weighted by Crippen LogP contribution is -2.40. The molecule has 5 nitrogen and oxygen atoms in total. The zero-order chi connectivity index (χ0) is 19.4. The molecule has 138 valence electrons. The number of halogens is 5. The van der Waals surface area contributed by atoms with Crippen molar-refractivity contribution in [1.82, 2.24) is 13.5 Å². The molecule has 0 aliphatic carbocycles. The van der Waals surface area contributed by atoms with E-state index in [4.69, 9.17) is 0 Å². The summed E-state index contributed by atoms with van der Waals surface area (Å²) in [5.74, 6) is 0. The Morgan fingerprint density at radius 3 is 2.38 bits per heavy atom. The van der Waals surface area contributed by atoms with E-state index in [9.17, 15) is 22.8 Å². The van der Waals surface area contributed by atoms with Crippen molar-refractivity contribution in [2.75, 3.05) is 0 Å². The molecular weight excluding hydrogens is 503 g/mol. The quantitative estimate of drug-likeness (QED) is 0.485. The minimum absolute atomic E-state index is 0.169. The topological polar surface area (TPSA) is 56.9 Å². The smallest absolute Gasteiger partial charge is 0.292 e. The summed E-state index contributed by atoms with van der Waals surface area (Å²) >= 11 is 8.11. The molecule has 0 radical (unpaired) electrons. The number of rotatable bonds is 2. The van der Waals surface area contributed by atoms with Crippen LogP contribution in [0.4, 0.5) is 13.2 Å². The largest absolute Gasteiger partial charge is 0.431 e. The molecule has 0 N–H and O–H groups in total. The second-order valence-corrected chi connectivity index (χ2v) is 10.7. The van der Waals surface area contributed by atoms with Gasteiger partial charge in [0.05, 0.1) is 16.1 Å². The summed E-state index contributed by atoms with van der Waals surface area (Å²) in [4.78, 5) is 24.6. The molecule has 0 atom stereocenters. The summed E-state index contributed by atoms with van der Waals surface area (Å²) in [6, 6.07) is 5.14. The first-order chi connectivity index (χ1) is 11.9. The lowest BCUT2D eigenvalue weighted by Gasteiger charge is -2.14. The van der Waals surface area contributed by atoms with Crippen LogP contribution in [0, 0.1) is 0 Å². The van der Waals surface area contributed by atoms with E-state index in [1.54, 1.807) is 12.1 Å². The summed E-state index contributed by atoms with van der Waals surface area (Å²) in [6.45, 7) is 1.82. The van der Waals surface area contributed by atoms with Gasteiger partial charge in [0.1, 0.15) is 8.93 Å². The number of nitrogens with zero attached hydrogens (tertiary/aromatic N) is 3. The van der Waals surface area contributed by atoms with Gasteiger partial charge < -0.3 is 0 Å². The van der Waals surface area contributed by atoms with E-state index in [-0.39, 0.29) is 5.69 Å². The molecule has 0 aliphatic heterocycles. The number of hydrogen-bond donors (Lipinski definition) is 0. The standard InChI is InChI=1S/C15H10Br2F3N3O2S/c1-14(16,17)12-8-5-7(3-4-9(8)26-21-12)23-11(24)6-10(15(18,19)20)22(2)13(23)25/h3-6H,1-2H3. The third-order valence-corrected chi connectivity index (χ3v) is 5.32. The maximum Gasteiger partial charge on any atom is 0.431 e. The van der Waals surface area contributed by atoms with Gasteiger partial charge in [-0.2, -0.15) is 17.5 Å². The zero-order valence-electron chi connectivity index (χ0n) is 13.3. The molecule has 3 aromatic rings. The maximum atomic E-state index is 13.0. The highest BCUT2D eigenvalue weighted by Crippen LogP contribution is 2.41. The molecule has 0 spiro atoms. The molecule has 2 aromatic heterocycles. The lowest BCUT2D eigenvalue weighted by molar-refractivity contribution is -0.144. The van der Waals surface area contributed by atoms with Gasteiger partial charge in [-0.3, -0.25) is 9.36 Å². The van der Waals surface area contributed by atoms with Gasteiger partial charge in [0.25, 0.3) is 5.56 Å². The first kappa shape index (κ1) is 19.3. The minimum atomic E-state index is -4.80. The van der Waals surface area contributed by atoms with Crippen molar-refractivity contribution in [2.24, 2.45) is 7.05 Å². The first-order valence-electron chi connectivity index (χ1n) is 7.09. The van der Waals surface area contributed by atoms with Gasteiger partial charge in [0.2, 0.25) is 0 Å². The molecule has 2 heterocycles. The summed E-state index contributed by atoms with van der Waals surface area (Å²) < 4.78 is 44.5. The van der Waals surface area contributed by atoms with Crippen molar-refractivity contribution >= 4 is 53.5 Å². The Labute approximate surface area is 165 Å². The minimum Gasteiger partial charge on any atom is -0.292 e. The number of aromatic nitrogens is 3. The van der Waals surface area contributed by atoms with Crippen molar-refractivity contribution in [1.29, 1.82) is 0 Å². The van der Waals surface area contributed by atoms with Gasteiger partial charge >= 0.3 is 11.9 Å². The molecule has 0 saturated heterocycles. The Hall–Kier alpha value is -1.46. The van der Waals surface area contributed by atoms with E-state index in [0.29, 0.717) is 26.3 Å². The van der Waals surface area contributed by atoms with E-state index in [2.05, 4.69) is 36.2 Å². The Balaban J connectivity index is 2.30. The van der Waals surface area contributed by atoms with Gasteiger partial charge in [0, 0.05) is 18.5 Å². The molecule has 0 fully saturated rings. The maximum absolute atomic E-state index is 13.0.